The average Bonchev–Trinajstić information content (AvgIpc) is 3.57. The molecule has 4 amide bonds. The number of carbonyl (C=O) groups is 5. The summed E-state index contributed by atoms with van der Waals surface area (Å²) >= 11 is 0. The number of hydrogen-bond acceptors (Lipinski definition) is 8. The topological polar surface area (TPSA) is 158 Å². The predicted molar refractivity (Wildman–Crippen MR) is 131 cm³/mol. The number of morpholine rings is 1. The van der Waals surface area contributed by atoms with Gasteiger partial charge >= 0.3 is 0 Å². The molecular weight excluding hydrogens is 470 g/mol. The van der Waals surface area contributed by atoms with Crippen molar-refractivity contribution in [3.05, 3.63) is 0 Å². The van der Waals surface area contributed by atoms with E-state index >= 15 is 0 Å². The number of amides is 4. The van der Waals surface area contributed by atoms with Gasteiger partial charge in [0.05, 0.1) is 45.5 Å². The number of nitrogens with zero attached hydrogens (tertiary/aromatic N) is 1. The molecule has 2 saturated heterocycles. The normalized spacial score (nSPS) is 21.4. The summed E-state index contributed by atoms with van der Waals surface area (Å²) in [5.41, 5.74) is -0.865. The minimum Gasteiger partial charge on any atom is -0.379 e. The molecule has 12 nitrogen and oxygen atoms in total. The van der Waals surface area contributed by atoms with Crippen LogP contribution in [0.3, 0.4) is 0 Å². The van der Waals surface area contributed by atoms with Crippen LogP contribution in [0.1, 0.15) is 41.0 Å². The van der Waals surface area contributed by atoms with E-state index in [1.165, 1.54) is 0 Å². The zero-order valence-electron chi connectivity index (χ0n) is 22.0. The molecule has 2 fully saturated rings. The molecule has 3 unspecified atom stereocenters. The zero-order chi connectivity index (χ0) is 26.9. The first-order valence-corrected chi connectivity index (χ1v) is 12.5. The van der Waals surface area contributed by atoms with Crippen molar-refractivity contribution in [1.82, 2.24) is 26.2 Å². The SMILES string of the molecule is CC(C)CC(NC(=O)CNC(=O)CN1CCOCC1)C(=O)NCC(=O)NC(C(=O)C1(C)CO1)C(C)C. The molecule has 0 saturated carbocycles. The number of ether oxygens (including phenoxy) is 2. The highest BCUT2D eigenvalue weighted by molar-refractivity contribution is 5.97. The maximum absolute atomic E-state index is 12.7. The molecule has 0 spiro atoms. The lowest BCUT2D eigenvalue weighted by Gasteiger charge is -2.26. The summed E-state index contributed by atoms with van der Waals surface area (Å²) in [6, 6.07) is -1.60. The summed E-state index contributed by atoms with van der Waals surface area (Å²) in [7, 11) is 0. The standard InChI is InChI=1S/C24H41N5O7/c1-15(2)10-17(27-18(30)11-25-20(32)13-29-6-8-35-9-7-29)23(34)26-12-19(31)28-21(16(3)4)22(33)24(5)14-36-24/h15-17,21H,6-14H2,1-5H3,(H,25,32)(H,26,34)(H,27,30)(H,28,31). The zero-order valence-corrected chi connectivity index (χ0v) is 22.0. The third kappa shape index (κ3) is 9.82. The Kier molecular flexibility index (Phi) is 11.3. The quantitative estimate of drug-likeness (QED) is 0.207. The lowest BCUT2D eigenvalue weighted by atomic mass is 9.92. The maximum atomic E-state index is 12.7. The third-order valence-corrected chi connectivity index (χ3v) is 6.06. The number of nitrogens with one attached hydrogen (secondary N) is 4. The van der Waals surface area contributed by atoms with Gasteiger partial charge in [-0.05, 0) is 25.2 Å². The Hall–Kier alpha value is -2.57. The Balaban J connectivity index is 1.80. The predicted octanol–water partition coefficient (Wildman–Crippen LogP) is -1.42. The first-order chi connectivity index (χ1) is 16.9. The fraction of sp³-hybridized carbons (Fsp3) is 0.792. The van der Waals surface area contributed by atoms with Crippen LogP contribution in [0.4, 0.5) is 0 Å². The molecule has 0 aliphatic carbocycles. The van der Waals surface area contributed by atoms with Gasteiger partial charge in [-0.15, -0.1) is 0 Å². The van der Waals surface area contributed by atoms with Gasteiger partial charge in [-0.25, -0.2) is 0 Å². The molecule has 12 heteroatoms. The van der Waals surface area contributed by atoms with Crippen molar-refractivity contribution < 1.29 is 33.4 Å². The highest BCUT2D eigenvalue weighted by Gasteiger charge is 2.50. The molecule has 2 rings (SSSR count). The van der Waals surface area contributed by atoms with Crippen LogP contribution in [-0.2, 0) is 33.4 Å². The van der Waals surface area contributed by atoms with Crippen LogP contribution in [0.15, 0.2) is 0 Å². The molecular formula is C24H41N5O7. The van der Waals surface area contributed by atoms with Crippen LogP contribution in [0.5, 0.6) is 0 Å². The van der Waals surface area contributed by atoms with Crippen molar-refractivity contribution in [3.8, 4) is 0 Å². The fourth-order valence-corrected chi connectivity index (χ4v) is 3.77. The second kappa shape index (κ2) is 13.7. The van der Waals surface area contributed by atoms with Gasteiger partial charge in [0.15, 0.2) is 5.78 Å². The van der Waals surface area contributed by atoms with Gasteiger partial charge < -0.3 is 30.7 Å². The van der Waals surface area contributed by atoms with Crippen LogP contribution >= 0.6 is 0 Å². The van der Waals surface area contributed by atoms with E-state index in [4.69, 9.17) is 9.47 Å². The van der Waals surface area contributed by atoms with Crippen LogP contribution in [0, 0.1) is 11.8 Å². The van der Waals surface area contributed by atoms with Gasteiger partial charge in [0, 0.05) is 13.1 Å². The van der Waals surface area contributed by atoms with E-state index in [1.807, 2.05) is 32.6 Å². The minimum absolute atomic E-state index is 0.0908. The highest BCUT2D eigenvalue weighted by Crippen LogP contribution is 2.29. The smallest absolute Gasteiger partial charge is 0.243 e. The van der Waals surface area contributed by atoms with E-state index in [0.717, 1.165) is 0 Å². The largest absolute Gasteiger partial charge is 0.379 e. The van der Waals surface area contributed by atoms with Crippen LogP contribution in [0.25, 0.3) is 0 Å². The van der Waals surface area contributed by atoms with Crippen molar-refractivity contribution in [2.45, 2.75) is 58.7 Å². The number of epoxide rings is 1. The molecule has 0 aromatic heterocycles. The molecule has 36 heavy (non-hydrogen) atoms. The Morgan fingerprint density at radius 3 is 2.03 bits per heavy atom. The van der Waals surface area contributed by atoms with Gasteiger partial charge in [0.1, 0.15) is 11.6 Å². The number of carbonyl (C=O) groups excluding carboxylic acids is 5. The van der Waals surface area contributed by atoms with Crippen molar-refractivity contribution in [1.29, 1.82) is 0 Å². The van der Waals surface area contributed by atoms with Crippen LogP contribution in [-0.4, -0.2) is 105 Å². The molecule has 2 aliphatic heterocycles. The Morgan fingerprint density at radius 2 is 1.47 bits per heavy atom. The Labute approximate surface area is 212 Å². The first kappa shape index (κ1) is 29.7. The summed E-state index contributed by atoms with van der Waals surface area (Å²) < 4.78 is 10.4. The second-order valence-corrected chi connectivity index (χ2v) is 10.3. The lowest BCUT2D eigenvalue weighted by Crippen LogP contribution is -2.54. The van der Waals surface area contributed by atoms with Gasteiger partial charge in [-0.3, -0.25) is 28.9 Å². The molecule has 2 heterocycles. The van der Waals surface area contributed by atoms with E-state index in [0.29, 0.717) is 39.3 Å². The molecule has 4 N–H and O–H groups in total. The molecule has 204 valence electrons. The summed E-state index contributed by atoms with van der Waals surface area (Å²) in [5, 5.41) is 10.4. The first-order valence-electron chi connectivity index (χ1n) is 12.5. The van der Waals surface area contributed by atoms with Gasteiger partial charge in [-0.2, -0.15) is 0 Å². The van der Waals surface area contributed by atoms with E-state index in [2.05, 4.69) is 21.3 Å². The van der Waals surface area contributed by atoms with Gasteiger partial charge in [0.2, 0.25) is 23.6 Å². The third-order valence-electron chi connectivity index (χ3n) is 6.06. The lowest BCUT2D eigenvalue weighted by molar-refractivity contribution is -0.133. The summed E-state index contributed by atoms with van der Waals surface area (Å²) in [4.78, 5) is 64.3. The number of rotatable bonds is 14. The minimum atomic E-state index is -0.872. The molecule has 0 aromatic rings. The van der Waals surface area contributed by atoms with E-state index in [9.17, 15) is 24.0 Å². The number of ketones is 1. The van der Waals surface area contributed by atoms with Gasteiger partial charge in [0.25, 0.3) is 0 Å². The molecule has 0 aromatic carbocycles. The fourth-order valence-electron chi connectivity index (χ4n) is 3.77. The summed E-state index contributed by atoms with van der Waals surface area (Å²) in [6.07, 6.45) is 0.351. The van der Waals surface area contributed by atoms with E-state index in [-0.39, 0.29) is 43.2 Å². The van der Waals surface area contributed by atoms with Crippen molar-refractivity contribution in [3.63, 3.8) is 0 Å². The van der Waals surface area contributed by atoms with E-state index in [1.54, 1.807) is 6.92 Å². The van der Waals surface area contributed by atoms with Crippen molar-refractivity contribution in [2.75, 3.05) is 52.5 Å². The second-order valence-electron chi connectivity index (χ2n) is 10.3. The van der Waals surface area contributed by atoms with E-state index < -0.39 is 35.4 Å². The van der Waals surface area contributed by atoms with Crippen LogP contribution in [0.2, 0.25) is 0 Å². The molecule has 0 radical (unpaired) electrons. The highest BCUT2D eigenvalue weighted by atomic mass is 16.6. The maximum Gasteiger partial charge on any atom is 0.243 e. The number of Topliss-reactive ketones (excluding diaryl/α,β-unsaturated/α-hetero) is 1. The van der Waals surface area contributed by atoms with Crippen molar-refractivity contribution >= 4 is 29.4 Å². The Bertz CT molecular complexity index is 807. The van der Waals surface area contributed by atoms with Crippen LogP contribution < -0.4 is 21.3 Å². The molecule has 2 aliphatic rings. The molecule has 0 bridgehead atoms. The monoisotopic (exact) mass is 511 g/mol. The molecule has 3 atom stereocenters. The summed E-state index contributed by atoms with van der Waals surface area (Å²) in [5.74, 6) is -2.07. The van der Waals surface area contributed by atoms with Gasteiger partial charge in [-0.1, -0.05) is 27.7 Å². The average molecular weight is 512 g/mol. The Morgan fingerprint density at radius 1 is 0.889 bits per heavy atom. The number of hydrogen-bond donors (Lipinski definition) is 4. The van der Waals surface area contributed by atoms with Crippen molar-refractivity contribution in [2.24, 2.45) is 11.8 Å². The summed E-state index contributed by atoms with van der Waals surface area (Å²) in [6.45, 7) is 11.5.